The second-order valence-electron chi connectivity index (χ2n) is 6.76. The van der Waals surface area contributed by atoms with Crippen molar-refractivity contribution in [3.8, 4) is 6.07 Å². The summed E-state index contributed by atoms with van der Waals surface area (Å²) < 4.78 is 61.7. The van der Waals surface area contributed by atoms with Crippen molar-refractivity contribution in [2.45, 2.75) is 9.99 Å². The fraction of sp³-hybridized carbons (Fsp3) is 0. The van der Waals surface area contributed by atoms with Crippen LogP contribution in [-0.2, 0) is 20.0 Å². The van der Waals surface area contributed by atoms with E-state index in [0.717, 1.165) is 0 Å². The zero-order valence-electron chi connectivity index (χ0n) is 16.4. The van der Waals surface area contributed by atoms with Crippen LogP contribution in [0.1, 0.15) is 5.56 Å². The molecule has 0 fully saturated rings. The number of para-hydroxylation sites is 1. The minimum absolute atomic E-state index is 0.0977. The molecule has 0 spiro atoms. The van der Waals surface area contributed by atoms with Crippen molar-refractivity contribution in [1.82, 2.24) is 0 Å². The number of fused-ring (bicyclic) bond motifs is 1. The third-order valence-electron chi connectivity index (χ3n) is 4.49. The van der Waals surface area contributed by atoms with Gasteiger partial charge in [0.15, 0.2) is 0 Å². The van der Waals surface area contributed by atoms with E-state index in [-0.39, 0.29) is 37.0 Å². The maximum Gasteiger partial charge on any atom is 0.295 e. The molecule has 0 amide bonds. The van der Waals surface area contributed by atoms with Gasteiger partial charge in [0.05, 0.1) is 28.0 Å². The van der Waals surface area contributed by atoms with Gasteiger partial charge in [-0.25, -0.2) is 8.42 Å². The number of sulfonamides is 2. The molecule has 4 aromatic rings. The Kier molecular flexibility index (Phi) is 5.99. The molecule has 0 saturated carbocycles. The molecule has 0 atom stereocenters. The van der Waals surface area contributed by atoms with Gasteiger partial charge >= 0.3 is 0 Å². The SMILES string of the molecule is N#Cc1ccc(S(=O)(=O)Nc2ccc(Cl)cc2NS(=O)(=O)c2cc3ccccc3o2)c(Cl)c1. The first-order valence-electron chi connectivity index (χ1n) is 9.12. The van der Waals surface area contributed by atoms with Crippen LogP contribution in [0.25, 0.3) is 11.0 Å². The number of anilines is 2. The van der Waals surface area contributed by atoms with Crippen LogP contribution >= 0.6 is 23.2 Å². The van der Waals surface area contributed by atoms with Gasteiger partial charge in [-0.2, -0.15) is 13.7 Å². The number of hydrogen-bond donors (Lipinski definition) is 2. The summed E-state index contributed by atoms with van der Waals surface area (Å²) in [7, 11) is -8.46. The number of hydrogen-bond acceptors (Lipinski definition) is 6. The Hall–Kier alpha value is -3.23. The fourth-order valence-corrected chi connectivity index (χ4v) is 5.80. The van der Waals surface area contributed by atoms with Crippen LogP contribution in [0.3, 0.4) is 0 Å². The molecule has 0 bridgehead atoms. The third kappa shape index (κ3) is 4.77. The predicted molar refractivity (Wildman–Crippen MR) is 125 cm³/mol. The smallest absolute Gasteiger partial charge is 0.295 e. The average Bonchev–Trinajstić information content (AvgIpc) is 3.20. The van der Waals surface area contributed by atoms with E-state index in [0.29, 0.717) is 11.0 Å². The molecule has 168 valence electrons. The Morgan fingerprint density at radius 3 is 2.24 bits per heavy atom. The van der Waals surface area contributed by atoms with Crippen LogP contribution in [0.5, 0.6) is 0 Å². The zero-order chi connectivity index (χ0) is 23.8. The van der Waals surface area contributed by atoms with Crippen molar-refractivity contribution >= 4 is 65.6 Å². The largest absolute Gasteiger partial charge is 0.443 e. The topological polar surface area (TPSA) is 129 Å². The lowest BCUT2D eigenvalue weighted by Crippen LogP contribution is -2.17. The van der Waals surface area contributed by atoms with Crippen LogP contribution in [0.4, 0.5) is 11.4 Å². The second-order valence-corrected chi connectivity index (χ2v) is 10.9. The Bertz CT molecular complexity index is 1610. The van der Waals surface area contributed by atoms with Crippen molar-refractivity contribution in [2.24, 2.45) is 0 Å². The summed E-state index contributed by atoms with van der Waals surface area (Å²) in [5, 5.41) is 9.17. The molecule has 4 rings (SSSR count). The highest BCUT2D eigenvalue weighted by molar-refractivity contribution is 7.93. The van der Waals surface area contributed by atoms with Gasteiger partial charge in [0.1, 0.15) is 10.5 Å². The molecule has 2 N–H and O–H groups in total. The van der Waals surface area contributed by atoms with Gasteiger partial charge < -0.3 is 4.42 Å². The molecule has 12 heteroatoms. The molecule has 33 heavy (non-hydrogen) atoms. The van der Waals surface area contributed by atoms with E-state index in [1.165, 1.54) is 42.5 Å². The summed E-state index contributed by atoms with van der Waals surface area (Å²) in [6.07, 6.45) is 0. The number of rotatable bonds is 6. The summed E-state index contributed by atoms with van der Waals surface area (Å²) in [6.45, 7) is 0. The molecule has 1 aromatic heterocycles. The van der Waals surface area contributed by atoms with Gasteiger partial charge in [-0.15, -0.1) is 0 Å². The molecule has 0 radical (unpaired) electrons. The summed E-state index contributed by atoms with van der Waals surface area (Å²) in [4.78, 5) is -0.288. The summed E-state index contributed by atoms with van der Waals surface area (Å²) in [5.74, 6) is 0. The van der Waals surface area contributed by atoms with E-state index < -0.39 is 20.0 Å². The van der Waals surface area contributed by atoms with Crippen LogP contribution in [0, 0.1) is 11.3 Å². The molecule has 3 aromatic carbocycles. The molecule has 0 aliphatic rings. The highest BCUT2D eigenvalue weighted by atomic mass is 35.5. The number of nitriles is 1. The van der Waals surface area contributed by atoms with E-state index in [2.05, 4.69) is 9.44 Å². The molecule has 0 unspecified atom stereocenters. The van der Waals surface area contributed by atoms with Crippen molar-refractivity contribution in [3.05, 3.63) is 82.3 Å². The lowest BCUT2D eigenvalue weighted by atomic mass is 10.2. The van der Waals surface area contributed by atoms with Crippen molar-refractivity contribution in [1.29, 1.82) is 5.26 Å². The Morgan fingerprint density at radius 2 is 1.55 bits per heavy atom. The normalized spacial score (nSPS) is 11.8. The van der Waals surface area contributed by atoms with Crippen molar-refractivity contribution < 1.29 is 21.3 Å². The van der Waals surface area contributed by atoms with Gasteiger partial charge in [-0.3, -0.25) is 9.44 Å². The Balaban J connectivity index is 1.70. The summed E-state index contributed by atoms with van der Waals surface area (Å²) in [6, 6.07) is 17.6. The maximum absolute atomic E-state index is 12.9. The van der Waals surface area contributed by atoms with E-state index >= 15 is 0 Å². The second kappa shape index (κ2) is 8.61. The monoisotopic (exact) mass is 521 g/mol. The highest BCUT2D eigenvalue weighted by Gasteiger charge is 2.24. The number of halogens is 2. The number of benzene rings is 3. The van der Waals surface area contributed by atoms with Crippen LogP contribution in [0.15, 0.2) is 81.1 Å². The quantitative estimate of drug-likeness (QED) is 0.358. The lowest BCUT2D eigenvalue weighted by molar-refractivity contribution is 0.484. The minimum Gasteiger partial charge on any atom is -0.443 e. The highest BCUT2D eigenvalue weighted by Crippen LogP contribution is 2.32. The van der Waals surface area contributed by atoms with Gasteiger partial charge in [0, 0.05) is 16.5 Å². The van der Waals surface area contributed by atoms with Crippen LogP contribution in [-0.4, -0.2) is 16.8 Å². The van der Waals surface area contributed by atoms with E-state index in [1.807, 2.05) is 6.07 Å². The maximum atomic E-state index is 12.9. The van der Waals surface area contributed by atoms with Gasteiger partial charge in [-0.05, 0) is 42.5 Å². The predicted octanol–water partition coefficient (Wildman–Crippen LogP) is 5.21. The third-order valence-corrected chi connectivity index (χ3v) is 7.79. The number of nitrogens with zero attached hydrogens (tertiary/aromatic N) is 1. The molecular weight excluding hydrogens is 509 g/mol. The van der Waals surface area contributed by atoms with Gasteiger partial charge in [0.25, 0.3) is 20.0 Å². The number of furan rings is 1. The molecular formula is C21H13Cl2N3O5S2. The standard InChI is InChI=1S/C21H13Cl2N3O5S2/c22-15-6-7-17(25-32(27,28)20-8-5-13(12-24)9-16(20)23)18(11-15)26-33(29,30)21-10-14-3-1-2-4-19(14)31-21/h1-11,25-26H. The van der Waals surface area contributed by atoms with Crippen LogP contribution < -0.4 is 9.44 Å². The Labute approximate surface area is 199 Å². The van der Waals surface area contributed by atoms with Crippen LogP contribution in [0.2, 0.25) is 10.0 Å². The average molecular weight is 522 g/mol. The minimum atomic E-state index is -4.24. The fourth-order valence-electron chi connectivity index (χ4n) is 2.96. The molecule has 8 nitrogen and oxygen atoms in total. The van der Waals surface area contributed by atoms with Crippen molar-refractivity contribution in [3.63, 3.8) is 0 Å². The van der Waals surface area contributed by atoms with Gasteiger partial charge in [0.2, 0.25) is 5.09 Å². The summed E-state index contributed by atoms with van der Waals surface area (Å²) in [5.41, 5.74) is 0.334. The zero-order valence-corrected chi connectivity index (χ0v) is 19.6. The first kappa shape index (κ1) is 22.9. The summed E-state index contributed by atoms with van der Waals surface area (Å²) >= 11 is 12.0. The first-order valence-corrected chi connectivity index (χ1v) is 12.8. The Morgan fingerprint density at radius 1 is 0.818 bits per heavy atom. The van der Waals surface area contributed by atoms with E-state index in [4.69, 9.17) is 32.9 Å². The molecule has 0 saturated heterocycles. The first-order chi connectivity index (χ1) is 15.6. The van der Waals surface area contributed by atoms with Crippen molar-refractivity contribution in [2.75, 3.05) is 9.44 Å². The van der Waals surface area contributed by atoms with Gasteiger partial charge in [-0.1, -0.05) is 41.4 Å². The van der Waals surface area contributed by atoms with E-state index in [9.17, 15) is 16.8 Å². The molecule has 0 aliphatic heterocycles. The molecule has 0 aliphatic carbocycles. The van der Waals surface area contributed by atoms with E-state index in [1.54, 1.807) is 24.3 Å². The number of nitrogens with one attached hydrogen (secondary N) is 2. The lowest BCUT2D eigenvalue weighted by Gasteiger charge is -2.15. The molecule has 1 heterocycles.